The summed E-state index contributed by atoms with van der Waals surface area (Å²) in [7, 11) is 3.23. The highest BCUT2D eigenvalue weighted by atomic mass is 16.5. The van der Waals surface area contributed by atoms with Gasteiger partial charge in [-0.05, 0) is 42.8 Å². The van der Waals surface area contributed by atoms with Crippen LogP contribution in [0.3, 0.4) is 0 Å². The number of benzene rings is 2. The van der Waals surface area contributed by atoms with Gasteiger partial charge in [-0.2, -0.15) is 4.52 Å². The second kappa shape index (κ2) is 8.02. The quantitative estimate of drug-likeness (QED) is 0.479. The van der Waals surface area contributed by atoms with Crippen molar-refractivity contribution < 1.29 is 14.2 Å². The first kappa shape index (κ1) is 18.5. The molecule has 0 bridgehead atoms. The summed E-state index contributed by atoms with van der Waals surface area (Å²) >= 11 is 0. The van der Waals surface area contributed by atoms with E-state index in [0.717, 1.165) is 11.1 Å². The molecule has 7 nitrogen and oxygen atoms in total. The number of rotatable bonds is 6. The van der Waals surface area contributed by atoms with Crippen molar-refractivity contribution in [2.45, 2.75) is 6.92 Å². The van der Waals surface area contributed by atoms with Gasteiger partial charge in [0.05, 0.1) is 19.8 Å². The maximum absolute atomic E-state index is 5.99. The molecule has 2 aromatic heterocycles. The van der Waals surface area contributed by atoms with Crippen molar-refractivity contribution in [1.29, 1.82) is 0 Å². The van der Waals surface area contributed by atoms with Crippen LogP contribution in [-0.2, 0) is 0 Å². The molecule has 0 fully saturated rings. The maximum Gasteiger partial charge on any atom is 0.237 e. The molecule has 0 saturated heterocycles. The number of hydrogen-bond donors (Lipinski definition) is 0. The summed E-state index contributed by atoms with van der Waals surface area (Å²) < 4.78 is 18.5. The molecular formula is C22H20N4O3. The monoisotopic (exact) mass is 388 g/mol. The molecule has 0 N–H and O–H groups in total. The molecule has 0 aliphatic heterocycles. The van der Waals surface area contributed by atoms with Gasteiger partial charge in [0.2, 0.25) is 5.88 Å². The maximum atomic E-state index is 5.99. The van der Waals surface area contributed by atoms with Crippen molar-refractivity contribution in [2.24, 2.45) is 0 Å². The van der Waals surface area contributed by atoms with Crippen molar-refractivity contribution in [3.05, 3.63) is 66.2 Å². The van der Waals surface area contributed by atoms with E-state index < -0.39 is 0 Å². The zero-order chi connectivity index (χ0) is 20.2. The lowest BCUT2D eigenvalue weighted by atomic mass is 10.2. The smallest absolute Gasteiger partial charge is 0.237 e. The Labute approximate surface area is 168 Å². The van der Waals surface area contributed by atoms with Gasteiger partial charge in [0.1, 0.15) is 5.75 Å². The number of allylic oxidation sites excluding steroid dienone is 1. The lowest BCUT2D eigenvalue weighted by Crippen LogP contribution is -1.99. The summed E-state index contributed by atoms with van der Waals surface area (Å²) in [5, 5.41) is 13.0. The van der Waals surface area contributed by atoms with Crippen LogP contribution in [0.25, 0.3) is 23.1 Å². The van der Waals surface area contributed by atoms with Crippen LogP contribution in [-0.4, -0.2) is 34.0 Å². The van der Waals surface area contributed by atoms with Crippen LogP contribution in [0, 0.1) is 0 Å². The van der Waals surface area contributed by atoms with E-state index in [2.05, 4.69) is 15.3 Å². The summed E-state index contributed by atoms with van der Waals surface area (Å²) in [6.07, 6.45) is 3.96. The van der Waals surface area contributed by atoms with Crippen molar-refractivity contribution in [3.63, 3.8) is 0 Å². The number of para-hydroxylation sites is 1. The Hall–Kier alpha value is -3.87. The third-order valence-corrected chi connectivity index (χ3v) is 4.35. The van der Waals surface area contributed by atoms with E-state index in [9.17, 15) is 0 Å². The molecular weight excluding hydrogens is 368 g/mol. The van der Waals surface area contributed by atoms with E-state index in [4.69, 9.17) is 14.2 Å². The van der Waals surface area contributed by atoms with Crippen molar-refractivity contribution in [3.8, 4) is 34.5 Å². The number of nitrogens with zero attached hydrogens (tertiary/aromatic N) is 4. The van der Waals surface area contributed by atoms with Gasteiger partial charge in [-0.25, -0.2) is 0 Å². The fraction of sp³-hybridized carbons (Fsp3) is 0.136. The third-order valence-electron chi connectivity index (χ3n) is 4.35. The minimum Gasteiger partial charge on any atom is -0.496 e. The van der Waals surface area contributed by atoms with Crippen LogP contribution < -0.4 is 14.2 Å². The zero-order valence-electron chi connectivity index (χ0n) is 16.4. The molecule has 0 amide bonds. The van der Waals surface area contributed by atoms with Gasteiger partial charge in [0.15, 0.2) is 23.0 Å². The fourth-order valence-electron chi connectivity index (χ4n) is 3.00. The van der Waals surface area contributed by atoms with Gasteiger partial charge in [0.25, 0.3) is 0 Å². The lowest BCUT2D eigenvalue weighted by molar-refractivity contribution is 0.371. The predicted molar refractivity (Wildman–Crippen MR) is 111 cm³/mol. The van der Waals surface area contributed by atoms with Gasteiger partial charge in [-0.1, -0.05) is 30.4 Å². The Morgan fingerprint density at radius 2 is 1.69 bits per heavy atom. The number of hydrogen-bond acceptors (Lipinski definition) is 6. The van der Waals surface area contributed by atoms with Gasteiger partial charge in [-0.15, -0.1) is 15.3 Å². The van der Waals surface area contributed by atoms with E-state index >= 15 is 0 Å². The first-order chi connectivity index (χ1) is 14.2. The third kappa shape index (κ3) is 3.62. The van der Waals surface area contributed by atoms with Crippen LogP contribution in [0.15, 0.2) is 60.7 Å². The Balaban J connectivity index is 1.73. The molecule has 4 aromatic rings. The van der Waals surface area contributed by atoms with E-state index in [0.29, 0.717) is 34.6 Å². The molecule has 0 aliphatic carbocycles. The minimum absolute atomic E-state index is 0.394. The predicted octanol–water partition coefficient (Wildman–Crippen LogP) is 4.63. The van der Waals surface area contributed by atoms with E-state index in [1.807, 2.05) is 61.5 Å². The highest BCUT2D eigenvalue weighted by Crippen LogP contribution is 2.33. The molecule has 29 heavy (non-hydrogen) atoms. The molecule has 0 unspecified atom stereocenters. The van der Waals surface area contributed by atoms with Crippen LogP contribution in [0.2, 0.25) is 0 Å². The van der Waals surface area contributed by atoms with Crippen molar-refractivity contribution in [2.75, 3.05) is 14.2 Å². The summed E-state index contributed by atoms with van der Waals surface area (Å²) in [5.74, 6) is 2.84. The Morgan fingerprint density at radius 3 is 2.48 bits per heavy atom. The zero-order valence-corrected chi connectivity index (χ0v) is 16.4. The summed E-state index contributed by atoms with van der Waals surface area (Å²) in [4.78, 5) is 0. The average molecular weight is 388 g/mol. The molecule has 0 aliphatic rings. The molecule has 0 spiro atoms. The average Bonchev–Trinajstić information content (AvgIpc) is 3.18. The van der Waals surface area contributed by atoms with Crippen LogP contribution in [0.5, 0.6) is 23.1 Å². The summed E-state index contributed by atoms with van der Waals surface area (Å²) in [6, 6.07) is 16.9. The molecule has 0 radical (unpaired) electrons. The molecule has 4 rings (SSSR count). The molecule has 0 atom stereocenters. The first-order valence-electron chi connectivity index (χ1n) is 9.08. The van der Waals surface area contributed by atoms with Gasteiger partial charge >= 0.3 is 0 Å². The number of fused-ring (bicyclic) bond motifs is 1. The SMILES string of the molecule is C/C=C/c1ccc(Oc2ccc3nnc(-c4ccccc4OC)n3n2)c(OC)c1. The van der Waals surface area contributed by atoms with Crippen LogP contribution in [0.4, 0.5) is 0 Å². The molecule has 2 aromatic carbocycles. The van der Waals surface area contributed by atoms with Gasteiger partial charge in [-0.3, -0.25) is 0 Å². The van der Waals surface area contributed by atoms with Crippen molar-refractivity contribution >= 4 is 11.7 Å². The largest absolute Gasteiger partial charge is 0.496 e. The number of ether oxygens (including phenoxy) is 3. The van der Waals surface area contributed by atoms with Crippen LogP contribution >= 0.6 is 0 Å². The highest BCUT2D eigenvalue weighted by molar-refractivity contribution is 5.66. The Bertz CT molecular complexity index is 1180. The summed E-state index contributed by atoms with van der Waals surface area (Å²) in [6.45, 7) is 1.97. The molecule has 0 saturated carbocycles. The topological polar surface area (TPSA) is 70.8 Å². The van der Waals surface area contributed by atoms with E-state index in [-0.39, 0.29) is 0 Å². The second-order valence-corrected chi connectivity index (χ2v) is 6.18. The second-order valence-electron chi connectivity index (χ2n) is 6.18. The Morgan fingerprint density at radius 1 is 0.862 bits per heavy atom. The van der Waals surface area contributed by atoms with E-state index in [1.165, 1.54) is 0 Å². The first-order valence-corrected chi connectivity index (χ1v) is 9.08. The number of methoxy groups -OCH3 is 2. The molecule has 146 valence electrons. The van der Waals surface area contributed by atoms with Crippen molar-refractivity contribution in [1.82, 2.24) is 19.8 Å². The molecule has 7 heteroatoms. The fourth-order valence-corrected chi connectivity index (χ4v) is 3.00. The van der Waals surface area contributed by atoms with Gasteiger partial charge < -0.3 is 14.2 Å². The number of aromatic nitrogens is 4. The molecule has 2 heterocycles. The normalized spacial score (nSPS) is 11.1. The van der Waals surface area contributed by atoms with E-state index in [1.54, 1.807) is 30.9 Å². The minimum atomic E-state index is 0.394. The summed E-state index contributed by atoms with van der Waals surface area (Å²) in [5.41, 5.74) is 2.42. The van der Waals surface area contributed by atoms with Gasteiger partial charge in [0, 0.05) is 6.07 Å². The van der Waals surface area contributed by atoms with Crippen LogP contribution in [0.1, 0.15) is 12.5 Å². The highest BCUT2D eigenvalue weighted by Gasteiger charge is 2.15. The lowest BCUT2D eigenvalue weighted by Gasteiger charge is -2.11. The standard InChI is InChI=1S/C22H20N4O3/c1-4-7-15-10-11-18(19(14-15)28-3)29-21-13-12-20-23-24-22(26(20)25-21)16-8-5-6-9-17(16)27-2/h4-14H,1-3H3/b7-4+. The Kier molecular flexibility index (Phi) is 5.11.